The van der Waals surface area contributed by atoms with Gasteiger partial charge in [-0.1, -0.05) is 15.9 Å². The average molecular weight is 328 g/mol. The van der Waals surface area contributed by atoms with Gasteiger partial charge < -0.3 is 10.1 Å². The molecule has 0 saturated heterocycles. The van der Waals surface area contributed by atoms with E-state index in [0.717, 1.165) is 29.8 Å². The standard InChI is InChI=1S/C16H26BrNO/c1-5-19-15-10-9-14(17)12-13(15)8-6-7-11-18-16(2,3)4/h9-10,12,18H,5-8,11H2,1-4H3. The topological polar surface area (TPSA) is 21.3 Å². The fourth-order valence-corrected chi connectivity index (χ4v) is 2.35. The molecule has 0 aromatic heterocycles. The van der Waals surface area contributed by atoms with Crippen molar-refractivity contribution in [2.75, 3.05) is 13.2 Å². The summed E-state index contributed by atoms with van der Waals surface area (Å²) in [4.78, 5) is 0. The van der Waals surface area contributed by atoms with Crippen molar-refractivity contribution >= 4 is 15.9 Å². The summed E-state index contributed by atoms with van der Waals surface area (Å²) in [5.41, 5.74) is 1.51. The Morgan fingerprint density at radius 3 is 2.58 bits per heavy atom. The number of aryl methyl sites for hydroxylation is 1. The number of rotatable bonds is 7. The predicted molar refractivity (Wildman–Crippen MR) is 86.0 cm³/mol. The van der Waals surface area contributed by atoms with Crippen LogP contribution in [0.1, 0.15) is 46.1 Å². The van der Waals surface area contributed by atoms with Crippen LogP contribution in [0.4, 0.5) is 0 Å². The highest BCUT2D eigenvalue weighted by Crippen LogP contribution is 2.24. The van der Waals surface area contributed by atoms with Crippen LogP contribution in [0.5, 0.6) is 5.75 Å². The van der Waals surface area contributed by atoms with Crippen LogP contribution in [0, 0.1) is 0 Å². The molecule has 108 valence electrons. The van der Waals surface area contributed by atoms with Gasteiger partial charge in [-0.05, 0) is 77.3 Å². The van der Waals surface area contributed by atoms with E-state index in [0.29, 0.717) is 0 Å². The Balaban J connectivity index is 2.41. The van der Waals surface area contributed by atoms with E-state index in [1.54, 1.807) is 0 Å². The normalized spacial score (nSPS) is 11.6. The number of unbranched alkanes of at least 4 members (excludes halogenated alkanes) is 1. The van der Waals surface area contributed by atoms with Gasteiger partial charge >= 0.3 is 0 Å². The first-order valence-corrected chi connectivity index (χ1v) is 7.88. The largest absolute Gasteiger partial charge is 0.494 e. The number of nitrogens with one attached hydrogen (secondary N) is 1. The molecule has 19 heavy (non-hydrogen) atoms. The van der Waals surface area contributed by atoms with Crippen molar-refractivity contribution in [1.82, 2.24) is 5.32 Å². The Hall–Kier alpha value is -0.540. The van der Waals surface area contributed by atoms with Gasteiger partial charge in [-0.3, -0.25) is 0 Å². The first kappa shape index (κ1) is 16.5. The van der Waals surface area contributed by atoms with Gasteiger partial charge in [-0.25, -0.2) is 0 Å². The third kappa shape index (κ3) is 6.98. The van der Waals surface area contributed by atoms with Gasteiger partial charge in [0.2, 0.25) is 0 Å². The minimum Gasteiger partial charge on any atom is -0.494 e. The van der Waals surface area contributed by atoms with Crippen LogP contribution in [0.15, 0.2) is 22.7 Å². The maximum atomic E-state index is 5.67. The predicted octanol–water partition coefficient (Wildman–Crippen LogP) is 4.56. The highest BCUT2D eigenvalue weighted by atomic mass is 79.9. The highest BCUT2D eigenvalue weighted by Gasteiger charge is 2.08. The maximum absolute atomic E-state index is 5.67. The van der Waals surface area contributed by atoms with Crippen molar-refractivity contribution in [3.63, 3.8) is 0 Å². The molecule has 1 aromatic carbocycles. The van der Waals surface area contributed by atoms with Crippen molar-refractivity contribution in [3.05, 3.63) is 28.2 Å². The van der Waals surface area contributed by atoms with Crippen molar-refractivity contribution < 1.29 is 4.74 Å². The lowest BCUT2D eigenvalue weighted by molar-refractivity contribution is 0.336. The highest BCUT2D eigenvalue weighted by molar-refractivity contribution is 9.10. The van der Waals surface area contributed by atoms with Crippen LogP contribution in [0.3, 0.4) is 0 Å². The molecule has 3 heteroatoms. The number of benzene rings is 1. The van der Waals surface area contributed by atoms with E-state index in [-0.39, 0.29) is 5.54 Å². The number of hydrogen-bond acceptors (Lipinski definition) is 2. The van der Waals surface area contributed by atoms with E-state index < -0.39 is 0 Å². The zero-order chi connectivity index (χ0) is 14.3. The molecule has 0 aliphatic carbocycles. The van der Waals surface area contributed by atoms with Crippen molar-refractivity contribution in [2.24, 2.45) is 0 Å². The Bertz CT molecular complexity index is 385. The Kier molecular flexibility index (Phi) is 6.87. The zero-order valence-corrected chi connectivity index (χ0v) is 14.1. The summed E-state index contributed by atoms with van der Waals surface area (Å²) in [5, 5.41) is 3.52. The first-order valence-electron chi connectivity index (χ1n) is 7.08. The monoisotopic (exact) mass is 327 g/mol. The molecule has 0 aliphatic rings. The molecule has 0 heterocycles. The quantitative estimate of drug-likeness (QED) is 0.741. The fourth-order valence-electron chi connectivity index (χ4n) is 1.94. The minimum absolute atomic E-state index is 0.215. The molecule has 1 rings (SSSR count). The van der Waals surface area contributed by atoms with E-state index in [4.69, 9.17) is 4.74 Å². The smallest absolute Gasteiger partial charge is 0.122 e. The summed E-state index contributed by atoms with van der Waals surface area (Å²) in [6.07, 6.45) is 3.44. The van der Waals surface area contributed by atoms with E-state index in [9.17, 15) is 0 Å². The van der Waals surface area contributed by atoms with Gasteiger partial charge in [0.15, 0.2) is 0 Å². The molecule has 0 radical (unpaired) electrons. The van der Waals surface area contributed by atoms with Gasteiger partial charge in [0.25, 0.3) is 0 Å². The summed E-state index contributed by atoms with van der Waals surface area (Å²) < 4.78 is 6.79. The first-order chi connectivity index (χ1) is 8.92. The second kappa shape index (κ2) is 7.91. The SMILES string of the molecule is CCOc1ccc(Br)cc1CCCCNC(C)(C)C. The molecular formula is C16H26BrNO. The summed E-state index contributed by atoms with van der Waals surface area (Å²) in [7, 11) is 0. The van der Waals surface area contributed by atoms with Gasteiger partial charge in [-0.15, -0.1) is 0 Å². The van der Waals surface area contributed by atoms with Gasteiger partial charge in [0.1, 0.15) is 5.75 Å². The zero-order valence-electron chi connectivity index (χ0n) is 12.6. The second-order valence-electron chi connectivity index (χ2n) is 5.82. The average Bonchev–Trinajstić information content (AvgIpc) is 2.30. The van der Waals surface area contributed by atoms with Crippen LogP contribution >= 0.6 is 15.9 Å². The van der Waals surface area contributed by atoms with Gasteiger partial charge in [0, 0.05) is 10.0 Å². The molecule has 0 unspecified atom stereocenters. The van der Waals surface area contributed by atoms with E-state index in [1.165, 1.54) is 18.4 Å². The lowest BCUT2D eigenvalue weighted by atomic mass is 10.1. The molecule has 0 bridgehead atoms. The van der Waals surface area contributed by atoms with Gasteiger partial charge in [-0.2, -0.15) is 0 Å². The van der Waals surface area contributed by atoms with E-state index in [1.807, 2.05) is 13.0 Å². The summed E-state index contributed by atoms with van der Waals surface area (Å²) in [6.45, 7) is 10.4. The molecule has 0 fully saturated rings. The fraction of sp³-hybridized carbons (Fsp3) is 0.625. The molecular weight excluding hydrogens is 302 g/mol. The number of hydrogen-bond donors (Lipinski definition) is 1. The number of ether oxygens (including phenoxy) is 1. The van der Waals surface area contributed by atoms with E-state index >= 15 is 0 Å². The molecule has 0 amide bonds. The maximum Gasteiger partial charge on any atom is 0.122 e. The molecule has 1 N–H and O–H groups in total. The molecule has 1 aromatic rings. The summed E-state index contributed by atoms with van der Waals surface area (Å²) in [5.74, 6) is 1.02. The Morgan fingerprint density at radius 2 is 1.95 bits per heavy atom. The van der Waals surface area contributed by atoms with Crippen LogP contribution in [0.25, 0.3) is 0 Å². The molecule has 0 atom stereocenters. The van der Waals surface area contributed by atoms with Crippen molar-refractivity contribution in [1.29, 1.82) is 0 Å². The third-order valence-electron chi connectivity index (χ3n) is 2.85. The molecule has 2 nitrogen and oxygen atoms in total. The number of halogens is 1. The second-order valence-corrected chi connectivity index (χ2v) is 6.73. The van der Waals surface area contributed by atoms with Crippen LogP contribution in [-0.2, 0) is 6.42 Å². The van der Waals surface area contributed by atoms with Crippen molar-refractivity contribution in [2.45, 2.75) is 52.5 Å². The lowest BCUT2D eigenvalue weighted by Gasteiger charge is -2.20. The molecule has 0 aliphatic heterocycles. The lowest BCUT2D eigenvalue weighted by Crippen LogP contribution is -2.36. The van der Waals surface area contributed by atoms with Crippen LogP contribution in [-0.4, -0.2) is 18.7 Å². The van der Waals surface area contributed by atoms with E-state index in [2.05, 4.69) is 54.2 Å². The summed E-state index contributed by atoms with van der Waals surface area (Å²) >= 11 is 3.53. The Morgan fingerprint density at radius 1 is 1.21 bits per heavy atom. The molecule has 0 saturated carbocycles. The summed E-state index contributed by atoms with van der Waals surface area (Å²) in [6, 6.07) is 6.26. The van der Waals surface area contributed by atoms with Crippen molar-refractivity contribution in [3.8, 4) is 5.75 Å². The van der Waals surface area contributed by atoms with Crippen LogP contribution in [0.2, 0.25) is 0 Å². The Labute approximate surface area is 126 Å². The van der Waals surface area contributed by atoms with Gasteiger partial charge in [0.05, 0.1) is 6.61 Å². The van der Waals surface area contributed by atoms with Crippen LogP contribution < -0.4 is 10.1 Å². The molecule has 0 spiro atoms. The minimum atomic E-state index is 0.215. The third-order valence-corrected chi connectivity index (χ3v) is 3.34.